The molecule has 0 aromatic heterocycles. The molecule has 0 N–H and O–H groups in total. The normalized spacial score (nSPS) is 12.4. The molecule has 0 saturated heterocycles. The highest BCUT2D eigenvalue weighted by atomic mass is 35.5. The van der Waals surface area contributed by atoms with Crippen LogP contribution in [0.25, 0.3) is 0 Å². The van der Waals surface area contributed by atoms with Gasteiger partial charge in [-0.1, -0.05) is 61.0 Å². The standard InChI is InChI=1S/C15H15ClS/c1-2-17-15(12-6-4-3-5-7-12)13-8-10-14(16)11-9-13/h3-11,15H,2H2,1H3. The van der Waals surface area contributed by atoms with E-state index in [2.05, 4.69) is 49.4 Å². The summed E-state index contributed by atoms with van der Waals surface area (Å²) in [5.74, 6) is 1.10. The molecule has 1 atom stereocenters. The molecule has 0 bridgehead atoms. The van der Waals surface area contributed by atoms with E-state index >= 15 is 0 Å². The second kappa shape index (κ2) is 6.13. The molecular weight excluding hydrogens is 248 g/mol. The minimum absolute atomic E-state index is 0.401. The summed E-state index contributed by atoms with van der Waals surface area (Å²) in [6.07, 6.45) is 0. The Bertz CT molecular complexity index is 450. The van der Waals surface area contributed by atoms with Crippen molar-refractivity contribution in [2.24, 2.45) is 0 Å². The van der Waals surface area contributed by atoms with Crippen molar-refractivity contribution in [2.75, 3.05) is 5.75 Å². The van der Waals surface area contributed by atoms with Crippen molar-refractivity contribution in [3.8, 4) is 0 Å². The van der Waals surface area contributed by atoms with E-state index in [0.29, 0.717) is 5.25 Å². The van der Waals surface area contributed by atoms with Gasteiger partial charge in [-0.15, -0.1) is 11.8 Å². The SMILES string of the molecule is CCSC(c1ccccc1)c1ccc(Cl)cc1. The Morgan fingerprint density at radius 1 is 0.941 bits per heavy atom. The summed E-state index contributed by atoms with van der Waals surface area (Å²) in [6.45, 7) is 2.19. The van der Waals surface area contributed by atoms with Crippen LogP contribution in [0.5, 0.6) is 0 Å². The van der Waals surface area contributed by atoms with E-state index in [1.165, 1.54) is 11.1 Å². The third kappa shape index (κ3) is 3.27. The molecule has 17 heavy (non-hydrogen) atoms. The highest BCUT2D eigenvalue weighted by molar-refractivity contribution is 7.99. The van der Waals surface area contributed by atoms with Gasteiger partial charge in [0.1, 0.15) is 0 Å². The van der Waals surface area contributed by atoms with Crippen LogP contribution in [0.1, 0.15) is 23.3 Å². The molecule has 1 unspecified atom stereocenters. The molecule has 0 amide bonds. The average Bonchev–Trinajstić information content (AvgIpc) is 2.38. The van der Waals surface area contributed by atoms with E-state index in [1.807, 2.05) is 23.9 Å². The Hall–Kier alpha value is -0.920. The van der Waals surface area contributed by atoms with Crippen molar-refractivity contribution < 1.29 is 0 Å². The van der Waals surface area contributed by atoms with Crippen molar-refractivity contribution in [3.63, 3.8) is 0 Å². The molecule has 2 aromatic rings. The molecule has 0 aliphatic heterocycles. The van der Waals surface area contributed by atoms with Crippen LogP contribution in [0, 0.1) is 0 Å². The molecule has 0 heterocycles. The van der Waals surface area contributed by atoms with Crippen LogP contribution >= 0.6 is 23.4 Å². The first-order valence-corrected chi connectivity index (χ1v) is 7.16. The topological polar surface area (TPSA) is 0 Å². The van der Waals surface area contributed by atoms with Gasteiger partial charge in [-0.25, -0.2) is 0 Å². The lowest BCUT2D eigenvalue weighted by Gasteiger charge is -2.16. The largest absolute Gasteiger partial charge is 0.149 e. The Balaban J connectivity index is 2.32. The highest BCUT2D eigenvalue weighted by Crippen LogP contribution is 2.35. The highest BCUT2D eigenvalue weighted by Gasteiger charge is 2.13. The van der Waals surface area contributed by atoms with Crippen LogP contribution in [0.4, 0.5) is 0 Å². The molecule has 88 valence electrons. The van der Waals surface area contributed by atoms with Gasteiger partial charge in [-0.3, -0.25) is 0 Å². The maximum Gasteiger partial charge on any atom is 0.0546 e. The zero-order chi connectivity index (χ0) is 12.1. The van der Waals surface area contributed by atoms with Crippen LogP contribution in [-0.2, 0) is 0 Å². The molecular formula is C15H15ClS. The van der Waals surface area contributed by atoms with Gasteiger partial charge in [-0.05, 0) is 29.0 Å². The van der Waals surface area contributed by atoms with E-state index < -0.39 is 0 Å². The van der Waals surface area contributed by atoms with Gasteiger partial charge in [0.05, 0.1) is 5.25 Å². The third-order valence-corrected chi connectivity index (χ3v) is 4.07. The molecule has 0 aliphatic rings. The summed E-state index contributed by atoms with van der Waals surface area (Å²) in [4.78, 5) is 0. The zero-order valence-electron chi connectivity index (χ0n) is 9.77. The molecule has 2 heteroatoms. The van der Waals surface area contributed by atoms with Gasteiger partial charge in [0.2, 0.25) is 0 Å². The van der Waals surface area contributed by atoms with E-state index in [4.69, 9.17) is 11.6 Å². The Labute approximate surface area is 112 Å². The molecule has 0 spiro atoms. The van der Waals surface area contributed by atoms with Gasteiger partial charge in [0.15, 0.2) is 0 Å². The van der Waals surface area contributed by atoms with E-state index in [-0.39, 0.29) is 0 Å². The second-order valence-corrected chi connectivity index (χ2v) is 5.62. The number of rotatable bonds is 4. The molecule has 0 fully saturated rings. The van der Waals surface area contributed by atoms with Crippen molar-refractivity contribution in [3.05, 3.63) is 70.7 Å². The monoisotopic (exact) mass is 262 g/mol. The first kappa shape index (κ1) is 12.5. The number of halogens is 1. The number of hydrogen-bond donors (Lipinski definition) is 0. The Kier molecular flexibility index (Phi) is 4.52. The lowest BCUT2D eigenvalue weighted by atomic mass is 10.0. The smallest absolute Gasteiger partial charge is 0.0546 e. The zero-order valence-corrected chi connectivity index (χ0v) is 11.3. The lowest BCUT2D eigenvalue weighted by molar-refractivity contribution is 1.15. The predicted molar refractivity (Wildman–Crippen MR) is 77.9 cm³/mol. The van der Waals surface area contributed by atoms with Crippen LogP contribution in [0.15, 0.2) is 54.6 Å². The number of benzene rings is 2. The van der Waals surface area contributed by atoms with Gasteiger partial charge >= 0.3 is 0 Å². The molecule has 0 radical (unpaired) electrons. The predicted octanol–water partition coefficient (Wildman–Crippen LogP) is 5.18. The summed E-state index contributed by atoms with van der Waals surface area (Å²) in [5.41, 5.74) is 2.66. The van der Waals surface area contributed by atoms with Crippen molar-refractivity contribution in [1.82, 2.24) is 0 Å². The third-order valence-electron chi connectivity index (χ3n) is 2.61. The first-order chi connectivity index (χ1) is 8.31. The van der Waals surface area contributed by atoms with Gasteiger partial charge in [0, 0.05) is 5.02 Å². The minimum Gasteiger partial charge on any atom is -0.149 e. The Morgan fingerprint density at radius 3 is 2.12 bits per heavy atom. The minimum atomic E-state index is 0.401. The fourth-order valence-electron chi connectivity index (χ4n) is 1.82. The van der Waals surface area contributed by atoms with Crippen molar-refractivity contribution >= 4 is 23.4 Å². The van der Waals surface area contributed by atoms with E-state index in [9.17, 15) is 0 Å². The summed E-state index contributed by atoms with van der Waals surface area (Å²) in [5, 5.41) is 1.19. The summed E-state index contributed by atoms with van der Waals surface area (Å²) in [6, 6.07) is 18.8. The lowest BCUT2D eigenvalue weighted by Crippen LogP contribution is -1.96. The van der Waals surface area contributed by atoms with E-state index in [1.54, 1.807) is 0 Å². The van der Waals surface area contributed by atoms with Crippen LogP contribution in [0.3, 0.4) is 0 Å². The maximum atomic E-state index is 5.93. The number of hydrogen-bond acceptors (Lipinski definition) is 1. The van der Waals surface area contributed by atoms with Gasteiger partial charge in [0.25, 0.3) is 0 Å². The molecule has 0 aliphatic carbocycles. The van der Waals surface area contributed by atoms with Crippen LogP contribution < -0.4 is 0 Å². The summed E-state index contributed by atoms with van der Waals surface area (Å²) in [7, 11) is 0. The second-order valence-electron chi connectivity index (χ2n) is 3.80. The fourth-order valence-corrected chi connectivity index (χ4v) is 2.98. The first-order valence-electron chi connectivity index (χ1n) is 5.73. The van der Waals surface area contributed by atoms with Crippen LogP contribution in [-0.4, -0.2) is 5.75 Å². The quantitative estimate of drug-likeness (QED) is 0.731. The molecule has 0 saturated carbocycles. The fraction of sp³-hybridized carbons (Fsp3) is 0.200. The molecule has 2 aromatic carbocycles. The van der Waals surface area contributed by atoms with Gasteiger partial charge < -0.3 is 0 Å². The Morgan fingerprint density at radius 2 is 1.53 bits per heavy atom. The summed E-state index contributed by atoms with van der Waals surface area (Å²) >= 11 is 7.88. The van der Waals surface area contributed by atoms with Crippen molar-refractivity contribution in [2.45, 2.75) is 12.2 Å². The number of thioether (sulfide) groups is 1. The van der Waals surface area contributed by atoms with E-state index in [0.717, 1.165) is 10.8 Å². The molecule has 2 rings (SSSR count). The van der Waals surface area contributed by atoms with Gasteiger partial charge in [-0.2, -0.15) is 0 Å². The maximum absolute atomic E-state index is 5.93. The molecule has 0 nitrogen and oxygen atoms in total. The summed E-state index contributed by atoms with van der Waals surface area (Å²) < 4.78 is 0. The average molecular weight is 263 g/mol. The van der Waals surface area contributed by atoms with Crippen molar-refractivity contribution in [1.29, 1.82) is 0 Å². The van der Waals surface area contributed by atoms with Crippen LogP contribution in [0.2, 0.25) is 5.02 Å².